The van der Waals surface area contributed by atoms with Crippen molar-refractivity contribution in [3.63, 3.8) is 0 Å². The van der Waals surface area contributed by atoms with Gasteiger partial charge in [0.05, 0.1) is 0 Å². The van der Waals surface area contributed by atoms with Gasteiger partial charge >= 0.3 is 0 Å². The molecule has 5 aliphatic rings. The predicted octanol–water partition coefficient (Wildman–Crippen LogP) is 5.39. The normalized spacial score (nSPS) is 44.4. The van der Waals surface area contributed by atoms with Crippen molar-refractivity contribution in [2.45, 2.75) is 68.1 Å². The zero-order valence-corrected chi connectivity index (χ0v) is 18.5. The highest BCUT2D eigenvalue weighted by atomic mass is 32.2. The zero-order chi connectivity index (χ0) is 19.4. The van der Waals surface area contributed by atoms with Gasteiger partial charge in [0.2, 0.25) is 0 Å². The fourth-order valence-corrected chi connectivity index (χ4v) is 8.87. The third-order valence-corrected chi connectivity index (χ3v) is 10.2. The Labute approximate surface area is 179 Å². The molecule has 2 nitrogen and oxygen atoms in total. The molecule has 1 aromatic rings. The van der Waals surface area contributed by atoms with Crippen LogP contribution >= 0.6 is 24.0 Å². The molecule has 2 N–H and O–H groups in total. The second-order valence-electron chi connectivity index (χ2n) is 9.92. The quantitative estimate of drug-likeness (QED) is 0.532. The number of aliphatic imine (C=N–C) groups is 1. The molecular weight excluding hydrogens is 380 g/mol. The lowest BCUT2D eigenvalue weighted by molar-refractivity contribution is 0.221. The molecule has 4 heteroatoms. The highest BCUT2D eigenvalue weighted by molar-refractivity contribution is 7.99. The lowest BCUT2D eigenvalue weighted by atomic mass is 9.63. The third kappa shape index (κ3) is 2.94. The Morgan fingerprint density at radius 2 is 1.89 bits per heavy atom. The molecule has 0 saturated heterocycles. The Morgan fingerprint density at radius 1 is 1.14 bits per heavy atom. The maximum absolute atomic E-state index is 6.08. The van der Waals surface area contributed by atoms with Gasteiger partial charge in [0.25, 0.3) is 0 Å². The Bertz CT molecular complexity index is 770. The zero-order valence-electron chi connectivity index (χ0n) is 16.8. The summed E-state index contributed by atoms with van der Waals surface area (Å²) >= 11 is 8.16. The molecule has 0 heterocycles. The van der Waals surface area contributed by atoms with E-state index in [0.29, 0.717) is 23.3 Å². The van der Waals surface area contributed by atoms with E-state index >= 15 is 0 Å². The van der Waals surface area contributed by atoms with E-state index in [-0.39, 0.29) is 5.41 Å². The minimum Gasteiger partial charge on any atom is -0.328 e. The first-order valence-corrected chi connectivity index (χ1v) is 12.7. The molecular formula is C24H32N2S2. The summed E-state index contributed by atoms with van der Waals surface area (Å²) in [5.74, 6) is 2.07. The van der Waals surface area contributed by atoms with E-state index in [4.69, 9.17) is 22.9 Å². The molecule has 0 aliphatic heterocycles. The fraction of sp³-hybridized carbons (Fsp3) is 0.667. The summed E-state index contributed by atoms with van der Waals surface area (Å²) < 4.78 is 0. The van der Waals surface area contributed by atoms with Crippen LogP contribution in [-0.4, -0.2) is 28.8 Å². The minimum absolute atomic E-state index is 0.156. The van der Waals surface area contributed by atoms with Crippen molar-refractivity contribution in [3.05, 3.63) is 35.9 Å². The molecule has 0 radical (unpaired) electrons. The molecule has 0 spiro atoms. The van der Waals surface area contributed by atoms with E-state index in [9.17, 15) is 0 Å². The Balaban J connectivity index is 1.41. The van der Waals surface area contributed by atoms with Crippen LogP contribution in [0.3, 0.4) is 0 Å². The van der Waals surface area contributed by atoms with Crippen molar-refractivity contribution in [1.29, 1.82) is 0 Å². The molecule has 6 rings (SSSR count). The lowest BCUT2D eigenvalue weighted by Gasteiger charge is -2.42. The molecule has 0 amide bonds. The number of rotatable bonds is 4. The van der Waals surface area contributed by atoms with Crippen LogP contribution < -0.4 is 5.73 Å². The average Bonchev–Trinajstić information content (AvgIpc) is 3.10. The first kappa shape index (κ1) is 19.3. The van der Waals surface area contributed by atoms with Crippen molar-refractivity contribution >= 4 is 35.2 Å². The maximum Gasteiger partial charge on any atom is 0.109 e. The number of hydrogen-bond acceptors (Lipinski definition) is 3. The summed E-state index contributed by atoms with van der Waals surface area (Å²) in [6.07, 6.45) is 14.2. The molecule has 5 atom stereocenters. The van der Waals surface area contributed by atoms with Gasteiger partial charge in [-0.15, -0.1) is 0 Å². The van der Waals surface area contributed by atoms with E-state index in [1.165, 1.54) is 38.5 Å². The smallest absolute Gasteiger partial charge is 0.109 e. The topological polar surface area (TPSA) is 38.4 Å². The van der Waals surface area contributed by atoms with Crippen molar-refractivity contribution in [1.82, 2.24) is 0 Å². The van der Waals surface area contributed by atoms with Crippen molar-refractivity contribution in [2.24, 2.45) is 33.9 Å². The van der Waals surface area contributed by atoms with Gasteiger partial charge in [-0.2, -0.15) is 11.8 Å². The molecule has 1 aromatic carbocycles. The van der Waals surface area contributed by atoms with E-state index in [1.54, 1.807) is 5.56 Å². The van der Waals surface area contributed by atoms with E-state index in [2.05, 4.69) is 54.6 Å². The van der Waals surface area contributed by atoms with E-state index in [1.807, 2.05) is 0 Å². The van der Waals surface area contributed by atoms with Crippen LogP contribution in [0.5, 0.6) is 0 Å². The minimum atomic E-state index is 0.156. The van der Waals surface area contributed by atoms with E-state index in [0.717, 1.165) is 29.0 Å². The van der Waals surface area contributed by atoms with Crippen LogP contribution in [0, 0.1) is 23.2 Å². The van der Waals surface area contributed by atoms with Gasteiger partial charge in [-0.25, -0.2) is 0 Å². The number of hydrogen-bond donors (Lipinski definition) is 1. The van der Waals surface area contributed by atoms with E-state index < -0.39 is 0 Å². The average molecular weight is 413 g/mol. The number of nitrogens with two attached hydrogens (primary N) is 1. The molecule has 4 bridgehead atoms. The summed E-state index contributed by atoms with van der Waals surface area (Å²) in [5, 5.41) is 0.764. The predicted molar refractivity (Wildman–Crippen MR) is 124 cm³/mol. The van der Waals surface area contributed by atoms with Gasteiger partial charge in [0.15, 0.2) is 0 Å². The van der Waals surface area contributed by atoms with Crippen LogP contribution in [0.4, 0.5) is 0 Å². The number of benzene rings is 1. The van der Waals surface area contributed by atoms with Crippen LogP contribution in [0.2, 0.25) is 0 Å². The summed E-state index contributed by atoms with van der Waals surface area (Å²) in [4.78, 5) is 6.01. The molecule has 5 unspecified atom stereocenters. The second kappa shape index (κ2) is 7.21. The number of thiocarbonyl (C=S) groups is 1. The fourth-order valence-electron chi connectivity index (χ4n) is 7.24. The van der Waals surface area contributed by atoms with Crippen LogP contribution in [-0.2, 0) is 5.41 Å². The third-order valence-electron chi connectivity index (χ3n) is 8.42. The molecule has 5 aliphatic carbocycles. The highest BCUT2D eigenvalue weighted by Crippen LogP contribution is 2.73. The molecule has 28 heavy (non-hydrogen) atoms. The highest BCUT2D eigenvalue weighted by Gasteiger charge is 2.69. The molecule has 5 saturated carbocycles. The van der Waals surface area contributed by atoms with Crippen LogP contribution in [0.15, 0.2) is 35.3 Å². The van der Waals surface area contributed by atoms with Crippen LogP contribution in [0.1, 0.15) is 56.9 Å². The molecule has 0 aromatic heterocycles. The van der Waals surface area contributed by atoms with Gasteiger partial charge < -0.3 is 5.73 Å². The van der Waals surface area contributed by atoms with Gasteiger partial charge in [0.1, 0.15) is 4.99 Å². The second-order valence-corrected chi connectivity index (χ2v) is 11.3. The summed E-state index contributed by atoms with van der Waals surface area (Å²) in [6, 6.07) is 11.7. The molecule has 5 fully saturated rings. The lowest BCUT2D eigenvalue weighted by Crippen LogP contribution is -2.37. The standard InChI is InChI=1S/C24H32N2S2/c1-28-21-17-11-23(18-5-3-2-4-6-18)13-20(21)24(12-17,15-23)22(27)26-14-16-7-9-19(25)10-8-16/h2-6,14,16-17,19-21H,7-13,15,25H2,1H3/b26-14+. The molecule has 150 valence electrons. The van der Waals surface area contributed by atoms with Gasteiger partial charge in [-0.05, 0) is 86.4 Å². The summed E-state index contributed by atoms with van der Waals surface area (Å²) in [6.45, 7) is 0. The summed E-state index contributed by atoms with van der Waals surface area (Å²) in [5.41, 5.74) is 8.10. The monoisotopic (exact) mass is 412 g/mol. The number of thioether (sulfide) groups is 1. The summed E-state index contributed by atoms with van der Waals surface area (Å²) in [7, 11) is 0. The van der Waals surface area contributed by atoms with Crippen LogP contribution in [0.25, 0.3) is 0 Å². The SMILES string of the molecule is CSC1C2CC3(c4ccccc4)CC1C(C(=S)/N=C/C1CCC(N)CC1)(C2)C3. The Kier molecular flexibility index (Phi) is 4.96. The maximum atomic E-state index is 6.08. The number of nitrogens with zero attached hydrogens (tertiary/aromatic N) is 1. The van der Waals surface area contributed by atoms with Crippen molar-refractivity contribution in [2.75, 3.05) is 6.26 Å². The Hall–Kier alpha value is -0.710. The van der Waals surface area contributed by atoms with Crippen molar-refractivity contribution in [3.8, 4) is 0 Å². The first-order valence-electron chi connectivity index (χ1n) is 11.0. The van der Waals surface area contributed by atoms with Gasteiger partial charge in [-0.3, -0.25) is 4.99 Å². The van der Waals surface area contributed by atoms with Gasteiger partial charge in [0, 0.05) is 22.9 Å². The first-order chi connectivity index (χ1) is 13.6. The Morgan fingerprint density at radius 3 is 2.61 bits per heavy atom. The van der Waals surface area contributed by atoms with Crippen molar-refractivity contribution < 1.29 is 0 Å². The van der Waals surface area contributed by atoms with Gasteiger partial charge in [-0.1, -0.05) is 42.5 Å². The largest absolute Gasteiger partial charge is 0.328 e.